The lowest BCUT2D eigenvalue weighted by Gasteiger charge is -2.23. The molecule has 2 amide bonds. The van der Waals surface area contributed by atoms with Gasteiger partial charge in [0.15, 0.2) is 5.69 Å². The van der Waals surface area contributed by atoms with Crippen molar-refractivity contribution in [1.29, 1.82) is 0 Å². The lowest BCUT2D eigenvalue weighted by atomic mass is 10.1. The minimum Gasteiger partial charge on any atom is -0.326 e. The fourth-order valence-corrected chi connectivity index (χ4v) is 3.79. The highest BCUT2D eigenvalue weighted by Crippen LogP contribution is 2.26. The number of halogens is 1. The molecule has 0 spiro atoms. The Bertz CT molecular complexity index is 875. The van der Waals surface area contributed by atoms with Gasteiger partial charge in [-0.15, -0.1) is 17.5 Å². The van der Waals surface area contributed by atoms with Crippen molar-refractivity contribution in [3.05, 3.63) is 35.2 Å². The van der Waals surface area contributed by atoms with E-state index in [9.17, 15) is 9.59 Å². The summed E-state index contributed by atoms with van der Waals surface area (Å²) in [6.45, 7) is 3.80. The second-order valence-corrected chi connectivity index (χ2v) is 7.18. The van der Waals surface area contributed by atoms with Crippen LogP contribution in [-0.4, -0.2) is 39.9 Å². The van der Waals surface area contributed by atoms with Gasteiger partial charge in [-0.2, -0.15) is 0 Å². The maximum atomic E-state index is 12.7. The highest BCUT2D eigenvalue weighted by molar-refractivity contribution is 6.03. The predicted octanol–water partition coefficient (Wildman–Crippen LogP) is 2.46. The molecule has 3 heterocycles. The number of anilines is 2. The number of benzene rings is 1. The number of nitrogens with zero attached hydrogens (tertiary/aromatic N) is 3. The number of rotatable bonds is 3. The van der Waals surface area contributed by atoms with Crippen LogP contribution in [0.4, 0.5) is 11.4 Å². The fourth-order valence-electron chi connectivity index (χ4n) is 3.79. The molecular formula is C19H25ClN6O2. The Morgan fingerprint density at radius 1 is 1.25 bits per heavy atom. The Kier molecular flexibility index (Phi) is 6.31. The van der Waals surface area contributed by atoms with Crippen LogP contribution in [0.3, 0.4) is 0 Å². The van der Waals surface area contributed by atoms with Crippen LogP contribution in [0.15, 0.2) is 18.2 Å². The first-order valence-corrected chi connectivity index (χ1v) is 9.48. The molecule has 150 valence electrons. The van der Waals surface area contributed by atoms with Gasteiger partial charge >= 0.3 is 0 Å². The van der Waals surface area contributed by atoms with E-state index < -0.39 is 0 Å². The number of hydrogen-bond donors (Lipinski definition) is 3. The highest BCUT2D eigenvalue weighted by Gasteiger charge is 2.23. The van der Waals surface area contributed by atoms with Gasteiger partial charge in [0, 0.05) is 17.8 Å². The molecule has 2 aliphatic heterocycles. The number of carbonyl (C=O) groups is 2. The molecule has 0 bridgehead atoms. The molecule has 28 heavy (non-hydrogen) atoms. The fraction of sp³-hybridized carbons (Fsp3) is 0.474. The summed E-state index contributed by atoms with van der Waals surface area (Å²) in [6, 6.07) is 5.85. The zero-order chi connectivity index (χ0) is 18.8. The molecule has 0 atom stereocenters. The van der Waals surface area contributed by atoms with Gasteiger partial charge in [-0.05, 0) is 69.5 Å². The molecule has 1 aromatic carbocycles. The zero-order valence-electron chi connectivity index (χ0n) is 15.8. The topological polar surface area (TPSA) is 101 Å². The molecule has 9 heteroatoms. The average molecular weight is 405 g/mol. The van der Waals surface area contributed by atoms with E-state index in [0.717, 1.165) is 55.7 Å². The lowest BCUT2D eigenvalue weighted by molar-refractivity contribution is -0.116. The third kappa shape index (κ3) is 4.18. The van der Waals surface area contributed by atoms with E-state index in [1.54, 1.807) is 6.07 Å². The largest absolute Gasteiger partial charge is 0.326 e. The average Bonchev–Trinajstić information content (AvgIpc) is 2.95. The van der Waals surface area contributed by atoms with E-state index in [1.807, 2.05) is 23.7 Å². The van der Waals surface area contributed by atoms with E-state index >= 15 is 0 Å². The van der Waals surface area contributed by atoms with Crippen LogP contribution in [0, 0.1) is 6.92 Å². The van der Waals surface area contributed by atoms with Crippen LogP contribution in [-0.2, 0) is 11.2 Å². The zero-order valence-corrected chi connectivity index (χ0v) is 16.6. The summed E-state index contributed by atoms with van der Waals surface area (Å²) in [5.74, 6) is -0.221. The SMILES string of the molecule is Cc1c(C(=O)Nc2ccc3c(c2)CCCC(=O)N3)nnn1C1CCNCC1.Cl. The monoisotopic (exact) mass is 404 g/mol. The molecule has 1 fully saturated rings. The Labute approximate surface area is 169 Å². The first-order chi connectivity index (χ1) is 13.1. The summed E-state index contributed by atoms with van der Waals surface area (Å²) in [6.07, 6.45) is 4.11. The first-order valence-electron chi connectivity index (χ1n) is 9.48. The van der Waals surface area contributed by atoms with Gasteiger partial charge in [-0.25, -0.2) is 4.68 Å². The van der Waals surface area contributed by atoms with Crippen molar-refractivity contribution in [2.24, 2.45) is 0 Å². The van der Waals surface area contributed by atoms with Crippen molar-refractivity contribution < 1.29 is 9.59 Å². The molecule has 4 rings (SSSR count). The quantitative estimate of drug-likeness (QED) is 0.729. The van der Waals surface area contributed by atoms with Crippen LogP contribution < -0.4 is 16.0 Å². The predicted molar refractivity (Wildman–Crippen MR) is 109 cm³/mol. The maximum absolute atomic E-state index is 12.7. The molecule has 1 saturated heterocycles. The van der Waals surface area contributed by atoms with E-state index in [0.29, 0.717) is 17.8 Å². The molecule has 2 aliphatic rings. The number of piperidine rings is 1. The normalized spacial score (nSPS) is 17.1. The van der Waals surface area contributed by atoms with Gasteiger partial charge in [0.1, 0.15) is 0 Å². The standard InChI is InChI=1S/C19H24N6O2.ClH/c1-12-18(23-24-25(12)15-7-9-20-10-8-15)19(27)21-14-5-6-16-13(11-14)3-2-4-17(26)22-16;/h5-6,11,15,20H,2-4,7-10H2,1H3,(H,21,27)(H,22,26);1H. The number of carbonyl (C=O) groups excluding carboxylic acids is 2. The molecule has 1 aromatic heterocycles. The second kappa shape index (κ2) is 8.70. The second-order valence-electron chi connectivity index (χ2n) is 7.18. The number of hydrogen-bond acceptors (Lipinski definition) is 5. The molecule has 3 N–H and O–H groups in total. The molecule has 8 nitrogen and oxygen atoms in total. The summed E-state index contributed by atoms with van der Waals surface area (Å²) >= 11 is 0. The van der Waals surface area contributed by atoms with Crippen molar-refractivity contribution >= 4 is 35.6 Å². The van der Waals surface area contributed by atoms with Crippen molar-refractivity contribution in [1.82, 2.24) is 20.3 Å². The van der Waals surface area contributed by atoms with Crippen LogP contribution in [0.25, 0.3) is 0 Å². The Morgan fingerprint density at radius 2 is 2.04 bits per heavy atom. The van der Waals surface area contributed by atoms with E-state index in [1.165, 1.54) is 0 Å². The number of aryl methyl sites for hydroxylation is 1. The minimum absolute atomic E-state index is 0. The summed E-state index contributed by atoms with van der Waals surface area (Å²) in [4.78, 5) is 24.4. The van der Waals surface area contributed by atoms with Crippen molar-refractivity contribution in [3.8, 4) is 0 Å². The molecule has 0 saturated carbocycles. The summed E-state index contributed by atoms with van der Waals surface area (Å²) in [7, 11) is 0. The van der Waals surface area contributed by atoms with Crippen molar-refractivity contribution in [3.63, 3.8) is 0 Å². The third-order valence-corrected chi connectivity index (χ3v) is 5.28. The van der Waals surface area contributed by atoms with E-state index in [-0.39, 0.29) is 30.3 Å². The molecule has 0 aliphatic carbocycles. The Balaban J connectivity index is 0.00000225. The van der Waals surface area contributed by atoms with Crippen LogP contribution in [0.5, 0.6) is 0 Å². The third-order valence-electron chi connectivity index (χ3n) is 5.28. The van der Waals surface area contributed by atoms with E-state index in [2.05, 4.69) is 26.3 Å². The summed E-state index contributed by atoms with van der Waals surface area (Å²) in [5.41, 5.74) is 3.71. The number of aromatic nitrogens is 3. The molecule has 2 aromatic rings. The number of fused-ring (bicyclic) bond motifs is 1. The Morgan fingerprint density at radius 3 is 2.82 bits per heavy atom. The van der Waals surface area contributed by atoms with Crippen molar-refractivity contribution in [2.45, 2.75) is 45.1 Å². The van der Waals surface area contributed by atoms with Crippen molar-refractivity contribution in [2.75, 3.05) is 23.7 Å². The Hall–Kier alpha value is -2.45. The van der Waals surface area contributed by atoms with Crippen LogP contribution >= 0.6 is 12.4 Å². The van der Waals surface area contributed by atoms with Gasteiger partial charge in [0.2, 0.25) is 5.91 Å². The van der Waals surface area contributed by atoms with Crippen LogP contribution in [0.1, 0.15) is 53.5 Å². The van der Waals surface area contributed by atoms with Gasteiger partial charge in [0.05, 0.1) is 11.7 Å². The highest BCUT2D eigenvalue weighted by atomic mass is 35.5. The molecular weight excluding hydrogens is 380 g/mol. The maximum Gasteiger partial charge on any atom is 0.278 e. The summed E-state index contributed by atoms with van der Waals surface area (Å²) in [5, 5.41) is 17.5. The minimum atomic E-state index is -0.259. The van der Waals surface area contributed by atoms with E-state index in [4.69, 9.17) is 0 Å². The lowest BCUT2D eigenvalue weighted by Crippen LogP contribution is -2.30. The number of amides is 2. The molecule has 0 unspecified atom stereocenters. The van der Waals surface area contributed by atoms with Gasteiger partial charge < -0.3 is 16.0 Å². The summed E-state index contributed by atoms with van der Waals surface area (Å²) < 4.78 is 1.88. The first kappa shape index (κ1) is 20.3. The van der Waals surface area contributed by atoms with Gasteiger partial charge in [-0.1, -0.05) is 5.21 Å². The number of nitrogens with one attached hydrogen (secondary N) is 3. The molecule has 0 radical (unpaired) electrons. The van der Waals surface area contributed by atoms with Gasteiger partial charge in [0.25, 0.3) is 5.91 Å². The smallest absolute Gasteiger partial charge is 0.278 e. The van der Waals surface area contributed by atoms with Gasteiger partial charge in [-0.3, -0.25) is 9.59 Å². The van der Waals surface area contributed by atoms with Crippen LogP contribution in [0.2, 0.25) is 0 Å².